The third-order valence-electron chi connectivity index (χ3n) is 7.28. The van der Waals surface area contributed by atoms with E-state index < -0.39 is 0 Å². The number of aromatic nitrogens is 2. The third kappa shape index (κ3) is 7.70. The molecule has 1 amide bonds. The minimum atomic E-state index is 0.0919. The van der Waals surface area contributed by atoms with Crippen LogP contribution >= 0.6 is 0 Å². The van der Waals surface area contributed by atoms with Crippen LogP contribution in [-0.2, 0) is 4.74 Å². The number of nitrogens with zero attached hydrogens (tertiary/aromatic N) is 4. The molecule has 1 fully saturated rings. The highest BCUT2D eigenvalue weighted by Gasteiger charge is 2.20. The van der Waals surface area contributed by atoms with E-state index in [1.807, 2.05) is 52.0 Å². The average molecular weight is 533 g/mol. The third-order valence-corrected chi connectivity index (χ3v) is 7.28. The second kappa shape index (κ2) is 13.8. The van der Waals surface area contributed by atoms with E-state index in [0.29, 0.717) is 17.4 Å². The number of ether oxygens (including phenoxy) is 2. The fraction of sp³-hybridized carbons (Fsp3) is 0.500. The van der Waals surface area contributed by atoms with Gasteiger partial charge >= 0.3 is 0 Å². The van der Waals surface area contributed by atoms with Crippen LogP contribution in [0.25, 0.3) is 22.9 Å². The summed E-state index contributed by atoms with van der Waals surface area (Å²) < 4.78 is 12.7. The monoisotopic (exact) mass is 532 g/mol. The van der Waals surface area contributed by atoms with Gasteiger partial charge in [0, 0.05) is 55.6 Å². The molecule has 0 bridgehead atoms. The molecule has 0 N–H and O–H groups in total. The molecule has 7 heteroatoms. The van der Waals surface area contributed by atoms with Gasteiger partial charge in [0.05, 0.1) is 25.8 Å². The molecule has 210 valence electrons. The number of hydrogen-bond donors (Lipinski definition) is 0. The molecular formula is C32H44N4O3. The fourth-order valence-corrected chi connectivity index (χ4v) is 4.75. The molecule has 39 heavy (non-hydrogen) atoms. The Morgan fingerprint density at radius 2 is 1.72 bits per heavy atom. The molecule has 7 nitrogen and oxygen atoms in total. The Kier molecular flexibility index (Phi) is 10.2. The molecule has 0 aliphatic carbocycles. The molecule has 1 saturated heterocycles. The van der Waals surface area contributed by atoms with Gasteiger partial charge in [-0.15, -0.1) is 0 Å². The first kappa shape index (κ1) is 28.8. The second-order valence-electron chi connectivity index (χ2n) is 11.2. The van der Waals surface area contributed by atoms with Crippen molar-refractivity contribution in [3.05, 3.63) is 59.8 Å². The summed E-state index contributed by atoms with van der Waals surface area (Å²) in [4.78, 5) is 18.2. The molecule has 2 aromatic heterocycles. The van der Waals surface area contributed by atoms with Crippen molar-refractivity contribution in [2.75, 3.05) is 53.0 Å². The van der Waals surface area contributed by atoms with E-state index in [1.165, 1.54) is 0 Å². The Labute approximate surface area is 233 Å². The molecule has 0 saturated carbocycles. The van der Waals surface area contributed by atoms with Crippen molar-refractivity contribution < 1.29 is 14.3 Å². The number of fused-ring (bicyclic) bond motifs is 1. The van der Waals surface area contributed by atoms with Crippen molar-refractivity contribution in [1.29, 1.82) is 0 Å². The lowest BCUT2D eigenvalue weighted by Crippen LogP contribution is -2.36. The summed E-state index contributed by atoms with van der Waals surface area (Å²) in [7, 11) is 1.67. The lowest BCUT2D eigenvalue weighted by Gasteiger charge is -2.25. The van der Waals surface area contributed by atoms with E-state index in [9.17, 15) is 4.79 Å². The molecule has 1 aromatic carbocycles. The Morgan fingerprint density at radius 1 is 1.05 bits per heavy atom. The summed E-state index contributed by atoms with van der Waals surface area (Å²) in [6.07, 6.45) is 8.26. The molecule has 1 aliphatic heterocycles. The van der Waals surface area contributed by atoms with Crippen molar-refractivity contribution >= 4 is 17.5 Å². The van der Waals surface area contributed by atoms with Gasteiger partial charge in [-0.3, -0.25) is 9.69 Å². The summed E-state index contributed by atoms with van der Waals surface area (Å²) in [6.45, 7) is 14.7. The maximum atomic E-state index is 13.7. The van der Waals surface area contributed by atoms with Gasteiger partial charge in [-0.05, 0) is 61.1 Å². The zero-order valence-electron chi connectivity index (χ0n) is 24.2. The first-order valence-electron chi connectivity index (χ1n) is 14.3. The molecule has 1 aliphatic rings. The number of hydrogen-bond acceptors (Lipinski definition) is 5. The van der Waals surface area contributed by atoms with Gasteiger partial charge in [-0.25, -0.2) is 4.52 Å². The van der Waals surface area contributed by atoms with Gasteiger partial charge in [-0.1, -0.05) is 39.8 Å². The van der Waals surface area contributed by atoms with Gasteiger partial charge in [0.15, 0.2) is 0 Å². The summed E-state index contributed by atoms with van der Waals surface area (Å²) >= 11 is 0. The number of carbonyl (C=O) groups excluding carboxylic acids is 1. The zero-order valence-corrected chi connectivity index (χ0v) is 24.2. The molecule has 0 radical (unpaired) electrons. The maximum Gasteiger partial charge on any atom is 0.253 e. The van der Waals surface area contributed by atoms with Crippen molar-refractivity contribution in [3.63, 3.8) is 0 Å². The van der Waals surface area contributed by atoms with Crippen LogP contribution in [0.4, 0.5) is 0 Å². The number of pyridine rings is 1. The molecule has 0 spiro atoms. The number of methoxy groups -OCH3 is 1. The SMILES string of the molecule is COc1ccc(-c2nn3ccc(C(=O)N(CCC(C)C)CCC(C)C)cc3c2C=CCN2CCOCC2)cc1. The highest BCUT2D eigenvalue weighted by atomic mass is 16.5. The average Bonchev–Trinajstić information content (AvgIpc) is 3.30. The Balaban J connectivity index is 1.69. The second-order valence-corrected chi connectivity index (χ2v) is 11.2. The molecule has 0 unspecified atom stereocenters. The predicted molar refractivity (Wildman–Crippen MR) is 158 cm³/mol. The number of benzene rings is 1. The smallest absolute Gasteiger partial charge is 0.253 e. The lowest BCUT2D eigenvalue weighted by molar-refractivity contribution is 0.0435. The predicted octanol–water partition coefficient (Wildman–Crippen LogP) is 5.89. The summed E-state index contributed by atoms with van der Waals surface area (Å²) in [5.74, 6) is 2.00. The zero-order chi connectivity index (χ0) is 27.8. The number of amides is 1. The first-order valence-corrected chi connectivity index (χ1v) is 14.3. The van der Waals surface area contributed by atoms with Crippen molar-refractivity contribution in [1.82, 2.24) is 19.4 Å². The van der Waals surface area contributed by atoms with Gasteiger partial charge in [-0.2, -0.15) is 5.10 Å². The normalized spacial score (nSPS) is 14.6. The Morgan fingerprint density at radius 3 is 2.33 bits per heavy atom. The summed E-state index contributed by atoms with van der Waals surface area (Å²) in [5, 5.41) is 4.93. The van der Waals surface area contributed by atoms with Gasteiger partial charge in [0.1, 0.15) is 11.4 Å². The number of morpholine rings is 1. The fourth-order valence-electron chi connectivity index (χ4n) is 4.75. The topological polar surface area (TPSA) is 59.3 Å². The van der Waals surface area contributed by atoms with Gasteiger partial charge in [0.2, 0.25) is 0 Å². The van der Waals surface area contributed by atoms with E-state index in [1.54, 1.807) is 7.11 Å². The molecular weight excluding hydrogens is 488 g/mol. The Hall–Kier alpha value is -3.16. The van der Waals surface area contributed by atoms with Gasteiger partial charge < -0.3 is 14.4 Å². The number of rotatable bonds is 12. The van der Waals surface area contributed by atoms with Crippen LogP contribution in [0.3, 0.4) is 0 Å². The Bertz CT molecular complexity index is 1230. The van der Waals surface area contributed by atoms with Crippen molar-refractivity contribution in [3.8, 4) is 17.0 Å². The van der Waals surface area contributed by atoms with Crippen molar-refractivity contribution in [2.45, 2.75) is 40.5 Å². The largest absolute Gasteiger partial charge is 0.497 e. The van der Waals surface area contributed by atoms with E-state index in [0.717, 1.165) is 86.9 Å². The van der Waals surface area contributed by atoms with Crippen molar-refractivity contribution in [2.24, 2.45) is 11.8 Å². The standard InChI is InChI=1S/C32H44N4O3/c1-24(2)12-16-35(17-13-25(3)4)32(37)27-14-18-36-30(23-27)29(7-6-15-34-19-21-39-22-20-34)31(33-36)26-8-10-28(38-5)11-9-26/h6-11,14,18,23-25H,12-13,15-17,19-22H2,1-5H3. The van der Waals surface area contributed by atoms with Gasteiger partial charge in [0.25, 0.3) is 5.91 Å². The van der Waals surface area contributed by atoms with Crippen LogP contribution in [0.15, 0.2) is 48.7 Å². The van der Waals surface area contributed by atoms with Crippen LogP contribution in [0.2, 0.25) is 0 Å². The number of carbonyl (C=O) groups is 1. The molecule has 4 rings (SSSR count). The van der Waals surface area contributed by atoms with Crippen LogP contribution in [0.5, 0.6) is 5.75 Å². The lowest BCUT2D eigenvalue weighted by atomic mass is 10.0. The summed E-state index contributed by atoms with van der Waals surface area (Å²) in [5.41, 5.74) is 4.54. The van der Waals surface area contributed by atoms with E-state index >= 15 is 0 Å². The van der Waals surface area contributed by atoms with Crippen LogP contribution in [0, 0.1) is 11.8 Å². The highest BCUT2D eigenvalue weighted by molar-refractivity contribution is 5.96. The van der Waals surface area contributed by atoms with Crippen LogP contribution < -0.4 is 4.74 Å². The molecule has 3 aromatic rings. The highest BCUT2D eigenvalue weighted by Crippen LogP contribution is 2.30. The summed E-state index contributed by atoms with van der Waals surface area (Å²) in [6, 6.07) is 11.9. The maximum absolute atomic E-state index is 13.7. The minimum Gasteiger partial charge on any atom is -0.497 e. The quantitative estimate of drug-likeness (QED) is 0.291. The van der Waals surface area contributed by atoms with Crippen LogP contribution in [-0.4, -0.2) is 78.4 Å². The minimum absolute atomic E-state index is 0.0919. The molecule has 0 atom stereocenters. The van der Waals surface area contributed by atoms with Crippen LogP contribution in [0.1, 0.15) is 56.5 Å². The first-order chi connectivity index (χ1) is 18.9. The van der Waals surface area contributed by atoms with E-state index in [-0.39, 0.29) is 5.91 Å². The van der Waals surface area contributed by atoms with E-state index in [2.05, 4.69) is 44.7 Å². The van der Waals surface area contributed by atoms with E-state index in [4.69, 9.17) is 14.6 Å². The molecule has 3 heterocycles.